The summed E-state index contributed by atoms with van der Waals surface area (Å²) in [4.78, 5) is 0. The summed E-state index contributed by atoms with van der Waals surface area (Å²) in [7, 11) is 2.04. The summed E-state index contributed by atoms with van der Waals surface area (Å²) < 4.78 is 2.10. The van der Waals surface area contributed by atoms with Gasteiger partial charge in [-0.15, -0.1) is 6.58 Å². The molecule has 0 N–H and O–H groups in total. The molecule has 10 heavy (non-hydrogen) atoms. The number of hydrogen-bond donors (Lipinski definition) is 0. The molecule has 0 unspecified atom stereocenters. The van der Waals surface area contributed by atoms with E-state index in [0.717, 1.165) is 6.42 Å². The van der Waals surface area contributed by atoms with Crippen LogP contribution in [0, 0.1) is 0 Å². The van der Waals surface area contributed by atoms with Gasteiger partial charge in [0, 0.05) is 12.1 Å². The maximum absolute atomic E-state index is 3.68. The van der Waals surface area contributed by atoms with Gasteiger partial charge in [-0.1, -0.05) is 12.1 Å². The number of aromatic nitrogens is 1. The minimum Gasteiger partial charge on any atom is -0.205 e. The van der Waals surface area contributed by atoms with Gasteiger partial charge in [0.1, 0.15) is 7.05 Å². The molecular weight excluding hydrogens is 122 g/mol. The van der Waals surface area contributed by atoms with Crippen LogP contribution in [-0.2, 0) is 13.5 Å². The first kappa shape index (κ1) is 7.00. The van der Waals surface area contributed by atoms with Gasteiger partial charge >= 0.3 is 0 Å². The molecule has 0 fully saturated rings. The fourth-order valence-corrected chi connectivity index (χ4v) is 0.919. The lowest BCUT2D eigenvalue weighted by atomic mass is 10.2. The summed E-state index contributed by atoms with van der Waals surface area (Å²) in [6.45, 7) is 3.68. The van der Waals surface area contributed by atoms with Crippen LogP contribution in [0.15, 0.2) is 37.1 Å². The van der Waals surface area contributed by atoms with E-state index in [-0.39, 0.29) is 0 Å². The predicted molar refractivity (Wildman–Crippen MR) is 41.5 cm³/mol. The van der Waals surface area contributed by atoms with Crippen LogP contribution in [0.25, 0.3) is 0 Å². The van der Waals surface area contributed by atoms with Crippen molar-refractivity contribution >= 4 is 0 Å². The van der Waals surface area contributed by atoms with E-state index in [4.69, 9.17) is 0 Å². The second kappa shape index (κ2) is 3.16. The van der Waals surface area contributed by atoms with E-state index < -0.39 is 0 Å². The summed E-state index contributed by atoms with van der Waals surface area (Å²) >= 11 is 0. The minimum absolute atomic E-state index is 0.942. The number of hydrogen-bond acceptors (Lipinski definition) is 0. The van der Waals surface area contributed by atoms with Crippen LogP contribution in [0.4, 0.5) is 0 Å². The van der Waals surface area contributed by atoms with Gasteiger partial charge in [-0.25, -0.2) is 4.57 Å². The van der Waals surface area contributed by atoms with Crippen LogP contribution in [0.3, 0.4) is 0 Å². The molecule has 0 spiro atoms. The number of pyridine rings is 1. The number of allylic oxidation sites excluding steroid dienone is 1. The van der Waals surface area contributed by atoms with Crippen LogP contribution in [0.1, 0.15) is 5.69 Å². The third-order valence-corrected chi connectivity index (χ3v) is 1.52. The van der Waals surface area contributed by atoms with Crippen LogP contribution in [0.2, 0.25) is 0 Å². The molecule has 0 atom stereocenters. The van der Waals surface area contributed by atoms with E-state index >= 15 is 0 Å². The Labute approximate surface area is 61.6 Å². The molecule has 0 bridgehead atoms. The number of aryl methyl sites for hydroxylation is 1. The maximum Gasteiger partial charge on any atom is 0.184 e. The average molecular weight is 134 g/mol. The highest BCUT2D eigenvalue weighted by atomic mass is 14.9. The standard InChI is InChI=1S/C9H12N/c1-3-6-9-7-4-5-8-10(9)2/h3-5,7-8H,1,6H2,2H3/q+1. The Balaban J connectivity index is 2.91. The van der Waals surface area contributed by atoms with Gasteiger partial charge in [-0.05, 0) is 0 Å². The van der Waals surface area contributed by atoms with Crippen molar-refractivity contribution in [3.63, 3.8) is 0 Å². The molecule has 0 aliphatic heterocycles. The smallest absolute Gasteiger partial charge is 0.184 e. The van der Waals surface area contributed by atoms with Crippen LogP contribution >= 0.6 is 0 Å². The second-order valence-corrected chi connectivity index (χ2v) is 2.30. The Hall–Kier alpha value is -1.11. The van der Waals surface area contributed by atoms with Gasteiger partial charge in [-0.2, -0.15) is 0 Å². The Bertz CT molecular complexity index is 228. The second-order valence-electron chi connectivity index (χ2n) is 2.30. The van der Waals surface area contributed by atoms with Crippen molar-refractivity contribution < 1.29 is 4.57 Å². The molecule has 0 amide bonds. The first-order chi connectivity index (χ1) is 4.84. The normalized spacial score (nSPS) is 9.30. The maximum atomic E-state index is 3.68. The summed E-state index contributed by atoms with van der Waals surface area (Å²) in [6.07, 6.45) is 4.89. The topological polar surface area (TPSA) is 3.88 Å². The molecule has 52 valence electrons. The molecule has 1 nitrogen and oxygen atoms in total. The van der Waals surface area contributed by atoms with E-state index in [1.165, 1.54) is 5.69 Å². The first-order valence-corrected chi connectivity index (χ1v) is 3.39. The molecule has 0 aliphatic rings. The van der Waals surface area contributed by atoms with Crippen molar-refractivity contribution in [1.29, 1.82) is 0 Å². The van der Waals surface area contributed by atoms with Gasteiger partial charge in [0.05, 0.1) is 6.42 Å². The summed E-state index contributed by atoms with van der Waals surface area (Å²) in [6, 6.07) is 6.16. The molecule has 1 aromatic rings. The van der Waals surface area contributed by atoms with Crippen molar-refractivity contribution in [1.82, 2.24) is 0 Å². The third-order valence-electron chi connectivity index (χ3n) is 1.52. The lowest BCUT2D eigenvalue weighted by molar-refractivity contribution is -0.678. The number of rotatable bonds is 2. The highest BCUT2D eigenvalue weighted by molar-refractivity contribution is 5.00. The van der Waals surface area contributed by atoms with Gasteiger partial charge < -0.3 is 0 Å². The van der Waals surface area contributed by atoms with Gasteiger partial charge in [0.25, 0.3) is 0 Å². The Morgan fingerprint density at radius 1 is 1.60 bits per heavy atom. The van der Waals surface area contributed by atoms with E-state index in [2.05, 4.69) is 17.2 Å². The van der Waals surface area contributed by atoms with Crippen molar-refractivity contribution in [3.05, 3.63) is 42.7 Å². The van der Waals surface area contributed by atoms with Crippen LogP contribution in [-0.4, -0.2) is 0 Å². The summed E-state index contributed by atoms with van der Waals surface area (Å²) in [5, 5.41) is 0. The molecule has 0 aromatic carbocycles. The van der Waals surface area contributed by atoms with Crippen molar-refractivity contribution in [3.8, 4) is 0 Å². The Kier molecular flexibility index (Phi) is 2.21. The molecule has 1 heterocycles. The average Bonchev–Trinajstić information content (AvgIpc) is 1.94. The highest BCUT2D eigenvalue weighted by Crippen LogP contribution is 1.91. The van der Waals surface area contributed by atoms with E-state index in [9.17, 15) is 0 Å². The molecule has 0 radical (unpaired) electrons. The van der Waals surface area contributed by atoms with E-state index in [0.29, 0.717) is 0 Å². The molecule has 1 aromatic heterocycles. The zero-order valence-electron chi connectivity index (χ0n) is 6.25. The molecule has 0 saturated carbocycles. The minimum atomic E-state index is 0.942. The van der Waals surface area contributed by atoms with Gasteiger partial charge in [0.2, 0.25) is 0 Å². The summed E-state index contributed by atoms with van der Waals surface area (Å²) in [5.74, 6) is 0. The quantitative estimate of drug-likeness (QED) is 0.423. The zero-order valence-corrected chi connectivity index (χ0v) is 6.25. The van der Waals surface area contributed by atoms with Crippen LogP contribution < -0.4 is 4.57 Å². The lowest BCUT2D eigenvalue weighted by Crippen LogP contribution is -2.32. The lowest BCUT2D eigenvalue weighted by Gasteiger charge is -1.92. The molecule has 1 heteroatoms. The van der Waals surface area contributed by atoms with E-state index in [1.807, 2.05) is 31.5 Å². The molecular formula is C9H12N+. The number of nitrogens with zero attached hydrogens (tertiary/aromatic N) is 1. The Morgan fingerprint density at radius 2 is 2.40 bits per heavy atom. The molecule has 1 rings (SSSR count). The van der Waals surface area contributed by atoms with Crippen molar-refractivity contribution in [2.75, 3.05) is 0 Å². The first-order valence-electron chi connectivity index (χ1n) is 3.39. The van der Waals surface area contributed by atoms with Gasteiger partial charge in [-0.3, -0.25) is 0 Å². The zero-order chi connectivity index (χ0) is 7.40. The van der Waals surface area contributed by atoms with Crippen LogP contribution in [0.5, 0.6) is 0 Å². The Morgan fingerprint density at radius 3 is 3.00 bits per heavy atom. The van der Waals surface area contributed by atoms with Crippen molar-refractivity contribution in [2.24, 2.45) is 7.05 Å². The predicted octanol–water partition coefficient (Wildman–Crippen LogP) is 1.24. The van der Waals surface area contributed by atoms with Crippen molar-refractivity contribution in [2.45, 2.75) is 6.42 Å². The summed E-state index contributed by atoms with van der Waals surface area (Å²) in [5.41, 5.74) is 1.29. The fourth-order valence-electron chi connectivity index (χ4n) is 0.919. The van der Waals surface area contributed by atoms with E-state index in [1.54, 1.807) is 0 Å². The third kappa shape index (κ3) is 1.44. The van der Waals surface area contributed by atoms with Gasteiger partial charge in [0.15, 0.2) is 11.9 Å². The SMILES string of the molecule is C=CCc1cccc[n+]1C. The largest absolute Gasteiger partial charge is 0.205 e. The molecule has 0 saturated heterocycles. The fraction of sp³-hybridized carbons (Fsp3) is 0.222. The highest BCUT2D eigenvalue weighted by Gasteiger charge is 1.99. The molecule has 0 aliphatic carbocycles. The monoisotopic (exact) mass is 134 g/mol.